The molecule has 21 heavy (non-hydrogen) atoms. The van der Waals surface area contributed by atoms with E-state index in [-0.39, 0.29) is 17.7 Å². The summed E-state index contributed by atoms with van der Waals surface area (Å²) in [5.41, 5.74) is 2.05. The van der Waals surface area contributed by atoms with Gasteiger partial charge in [0.25, 0.3) is 0 Å². The number of hydrogen-bond donors (Lipinski definition) is 1. The molecule has 6 heteroatoms. The number of carbonyl (C=O) groups excluding carboxylic acids is 2. The fraction of sp³-hybridized carbons (Fsp3) is 0.200. The van der Waals surface area contributed by atoms with Gasteiger partial charge in [0.05, 0.1) is 27.6 Å². The van der Waals surface area contributed by atoms with Crippen molar-refractivity contribution < 1.29 is 9.59 Å². The number of piperidine rings is 1. The molecule has 1 saturated heterocycles. The average Bonchev–Trinajstić information content (AvgIpc) is 3.03. The van der Waals surface area contributed by atoms with E-state index >= 15 is 0 Å². The van der Waals surface area contributed by atoms with Crippen LogP contribution in [0.15, 0.2) is 29.6 Å². The second-order valence-electron chi connectivity index (χ2n) is 5.17. The predicted octanol–water partition coefficient (Wildman–Crippen LogP) is 3.53. The highest BCUT2D eigenvalue weighted by atomic mass is 79.9. The summed E-state index contributed by atoms with van der Waals surface area (Å²) in [5, 5.41) is 6.74. The second kappa shape index (κ2) is 4.68. The zero-order valence-corrected chi connectivity index (χ0v) is 13.3. The van der Waals surface area contributed by atoms with Gasteiger partial charge in [0, 0.05) is 17.2 Å². The van der Waals surface area contributed by atoms with Gasteiger partial charge in [-0.25, -0.2) is 0 Å². The number of thiophene rings is 1. The lowest BCUT2D eigenvalue weighted by atomic mass is 9.88. The molecule has 0 radical (unpaired) electrons. The Morgan fingerprint density at radius 2 is 2.14 bits per heavy atom. The smallest absolute Gasteiger partial charge is 0.234 e. The van der Waals surface area contributed by atoms with Crippen molar-refractivity contribution in [2.24, 2.45) is 0 Å². The Bertz CT molecular complexity index is 896. The molecule has 106 valence electrons. The fourth-order valence-corrected chi connectivity index (χ4v) is 4.61. The molecule has 1 unspecified atom stereocenters. The van der Waals surface area contributed by atoms with Crippen LogP contribution in [-0.2, 0) is 9.59 Å². The standard InChI is InChI=1S/C15H11BrN2O2S/c16-18-11-3-1-2-8(9-4-5-12(19)17-14(9)20)13(11)10-6-7-21-15(10)18/h1-3,6-7,9H,4-5H2,(H,17,19,20). The number of benzene rings is 1. The molecule has 4 nitrogen and oxygen atoms in total. The Labute approximate surface area is 133 Å². The summed E-state index contributed by atoms with van der Waals surface area (Å²) in [4.78, 5) is 24.7. The molecule has 0 spiro atoms. The first kappa shape index (κ1) is 13.0. The lowest BCUT2D eigenvalue weighted by Crippen LogP contribution is -2.39. The van der Waals surface area contributed by atoms with Crippen LogP contribution >= 0.6 is 27.5 Å². The van der Waals surface area contributed by atoms with Gasteiger partial charge in [-0.2, -0.15) is 0 Å². The van der Waals surface area contributed by atoms with Crippen LogP contribution in [0.2, 0.25) is 0 Å². The number of hydrogen-bond acceptors (Lipinski definition) is 3. The molecule has 0 saturated carbocycles. The van der Waals surface area contributed by atoms with Gasteiger partial charge in [-0.1, -0.05) is 12.1 Å². The number of halogens is 1. The van der Waals surface area contributed by atoms with Crippen molar-refractivity contribution in [2.45, 2.75) is 18.8 Å². The molecule has 3 heterocycles. The van der Waals surface area contributed by atoms with Crippen molar-refractivity contribution in [3.05, 3.63) is 35.2 Å². The van der Waals surface area contributed by atoms with Gasteiger partial charge < -0.3 is 0 Å². The van der Waals surface area contributed by atoms with Crippen molar-refractivity contribution >= 4 is 60.4 Å². The molecule has 1 aliphatic rings. The number of amides is 2. The van der Waals surface area contributed by atoms with E-state index in [1.165, 1.54) is 0 Å². The van der Waals surface area contributed by atoms with Gasteiger partial charge in [-0.3, -0.25) is 18.5 Å². The highest BCUT2D eigenvalue weighted by Gasteiger charge is 2.30. The second-order valence-corrected chi connectivity index (χ2v) is 6.77. The van der Waals surface area contributed by atoms with Crippen LogP contribution in [0.1, 0.15) is 24.3 Å². The van der Waals surface area contributed by atoms with Crippen molar-refractivity contribution in [3.8, 4) is 0 Å². The zero-order valence-electron chi connectivity index (χ0n) is 10.9. The van der Waals surface area contributed by atoms with E-state index in [2.05, 4.69) is 27.5 Å². The zero-order chi connectivity index (χ0) is 14.6. The topological polar surface area (TPSA) is 51.1 Å². The molecule has 1 aromatic carbocycles. The normalized spacial score (nSPS) is 19.4. The van der Waals surface area contributed by atoms with Gasteiger partial charge in [0.1, 0.15) is 4.83 Å². The summed E-state index contributed by atoms with van der Waals surface area (Å²) in [6.45, 7) is 0. The predicted molar refractivity (Wildman–Crippen MR) is 86.8 cm³/mol. The van der Waals surface area contributed by atoms with Crippen molar-refractivity contribution in [1.82, 2.24) is 8.91 Å². The van der Waals surface area contributed by atoms with E-state index in [1.54, 1.807) is 11.3 Å². The first-order valence-corrected chi connectivity index (χ1v) is 8.26. The van der Waals surface area contributed by atoms with E-state index in [0.717, 1.165) is 26.7 Å². The largest absolute Gasteiger partial charge is 0.296 e. The number of imide groups is 1. The monoisotopic (exact) mass is 362 g/mol. The minimum absolute atomic E-state index is 0.179. The molecule has 1 fully saturated rings. The number of fused-ring (bicyclic) bond motifs is 3. The van der Waals surface area contributed by atoms with Crippen molar-refractivity contribution in [3.63, 3.8) is 0 Å². The van der Waals surface area contributed by atoms with Crippen molar-refractivity contribution in [1.29, 1.82) is 0 Å². The lowest BCUT2D eigenvalue weighted by Gasteiger charge is -2.21. The Hall–Kier alpha value is -1.66. The SMILES string of the molecule is O=C1CCC(c2cccc3c2c2ccsc2n3Br)C(=O)N1. The quantitative estimate of drug-likeness (QED) is 0.673. The molecule has 3 aromatic rings. The van der Waals surface area contributed by atoms with Crippen LogP contribution in [0, 0.1) is 0 Å². The van der Waals surface area contributed by atoms with Gasteiger partial charge in [-0.05, 0) is 29.5 Å². The maximum atomic E-state index is 12.2. The fourth-order valence-electron chi connectivity index (χ4n) is 3.05. The maximum Gasteiger partial charge on any atom is 0.234 e. The number of aromatic nitrogens is 1. The molecule has 2 aromatic heterocycles. The Kier molecular flexibility index (Phi) is 2.90. The Morgan fingerprint density at radius 3 is 2.95 bits per heavy atom. The summed E-state index contributed by atoms with van der Waals surface area (Å²) in [6, 6.07) is 8.07. The van der Waals surface area contributed by atoms with Crippen LogP contribution in [0.25, 0.3) is 21.1 Å². The number of nitrogens with one attached hydrogen (secondary N) is 1. The number of carbonyl (C=O) groups is 2. The van der Waals surface area contributed by atoms with Crippen LogP contribution in [0.4, 0.5) is 0 Å². The molecule has 1 N–H and O–H groups in total. The summed E-state index contributed by atoms with van der Waals surface area (Å²) in [6.07, 6.45) is 0.970. The molecule has 1 aliphatic heterocycles. The summed E-state index contributed by atoms with van der Waals surface area (Å²) in [7, 11) is 0. The molecule has 2 amide bonds. The number of nitrogens with zero attached hydrogens (tertiary/aromatic N) is 1. The first-order valence-electron chi connectivity index (χ1n) is 6.67. The molecule has 1 atom stereocenters. The third-order valence-corrected chi connectivity index (χ3v) is 5.86. The van der Waals surface area contributed by atoms with Crippen LogP contribution in [-0.4, -0.2) is 15.4 Å². The number of rotatable bonds is 1. The van der Waals surface area contributed by atoms with Gasteiger partial charge in [0.2, 0.25) is 11.8 Å². The third kappa shape index (κ3) is 1.86. The molecule has 4 rings (SSSR count). The summed E-state index contributed by atoms with van der Waals surface area (Å²) < 4.78 is 1.98. The van der Waals surface area contributed by atoms with Crippen LogP contribution in [0.5, 0.6) is 0 Å². The summed E-state index contributed by atoms with van der Waals surface area (Å²) in [5.74, 6) is -0.629. The average molecular weight is 363 g/mol. The van der Waals surface area contributed by atoms with E-state index in [0.29, 0.717) is 12.8 Å². The molecular formula is C15H11BrN2O2S. The van der Waals surface area contributed by atoms with E-state index in [1.807, 2.05) is 27.2 Å². The minimum atomic E-state index is -0.260. The highest BCUT2D eigenvalue weighted by molar-refractivity contribution is 9.08. The Balaban J connectivity index is 1.98. The molecule has 0 aliphatic carbocycles. The van der Waals surface area contributed by atoms with E-state index < -0.39 is 0 Å². The molecular weight excluding hydrogens is 352 g/mol. The van der Waals surface area contributed by atoms with Crippen LogP contribution in [0.3, 0.4) is 0 Å². The van der Waals surface area contributed by atoms with E-state index in [9.17, 15) is 9.59 Å². The van der Waals surface area contributed by atoms with Crippen molar-refractivity contribution in [2.75, 3.05) is 0 Å². The summed E-state index contributed by atoms with van der Waals surface area (Å²) >= 11 is 5.24. The van der Waals surface area contributed by atoms with Gasteiger partial charge in [-0.15, -0.1) is 11.3 Å². The minimum Gasteiger partial charge on any atom is -0.296 e. The van der Waals surface area contributed by atoms with Gasteiger partial charge >= 0.3 is 0 Å². The Morgan fingerprint density at radius 1 is 1.29 bits per heavy atom. The first-order chi connectivity index (χ1) is 10.2. The molecule has 0 bridgehead atoms. The van der Waals surface area contributed by atoms with Crippen LogP contribution < -0.4 is 5.32 Å². The van der Waals surface area contributed by atoms with E-state index in [4.69, 9.17) is 0 Å². The highest BCUT2D eigenvalue weighted by Crippen LogP contribution is 2.39. The third-order valence-electron chi connectivity index (χ3n) is 3.99. The maximum absolute atomic E-state index is 12.2. The lowest BCUT2D eigenvalue weighted by molar-refractivity contribution is -0.134. The van der Waals surface area contributed by atoms with Gasteiger partial charge in [0.15, 0.2) is 0 Å².